The lowest BCUT2D eigenvalue weighted by Crippen LogP contribution is -2.20. The molecule has 7 heteroatoms. The van der Waals surface area contributed by atoms with Crippen LogP contribution in [0.1, 0.15) is 0 Å². The highest BCUT2D eigenvalue weighted by Crippen LogP contribution is 2.30. The van der Waals surface area contributed by atoms with Crippen LogP contribution < -0.4 is 5.32 Å². The summed E-state index contributed by atoms with van der Waals surface area (Å²) in [7, 11) is 0. The number of rotatable bonds is 6. The molecule has 3 heterocycles. The predicted octanol–water partition coefficient (Wildman–Crippen LogP) is 4.91. The summed E-state index contributed by atoms with van der Waals surface area (Å²) in [6.45, 7) is 0.0335. The van der Waals surface area contributed by atoms with E-state index < -0.39 is 0 Å². The highest BCUT2D eigenvalue weighted by atomic mass is 16.3. The third kappa shape index (κ3) is 4.04. The van der Waals surface area contributed by atoms with Crippen molar-refractivity contribution in [3.05, 3.63) is 97.7 Å². The molecule has 0 bridgehead atoms. The first-order valence-electron chi connectivity index (χ1n) is 10.1. The maximum Gasteiger partial charge on any atom is 0.246 e. The molecule has 0 aliphatic carbocycles. The van der Waals surface area contributed by atoms with Crippen molar-refractivity contribution in [1.82, 2.24) is 20.0 Å². The summed E-state index contributed by atoms with van der Waals surface area (Å²) in [5.41, 5.74) is 6.01. The van der Waals surface area contributed by atoms with Gasteiger partial charge in [-0.1, -0.05) is 47.7 Å². The lowest BCUT2D eigenvalue weighted by Gasteiger charge is -2.10. The van der Waals surface area contributed by atoms with Crippen LogP contribution in [-0.4, -0.2) is 25.9 Å². The Bertz CT molecular complexity index is 1310. The molecule has 5 aromatic rings. The van der Waals surface area contributed by atoms with Crippen molar-refractivity contribution in [1.29, 1.82) is 0 Å². The number of nitrogens with one attached hydrogen (secondary N) is 1. The minimum Gasteiger partial charge on any atom is -0.472 e. The van der Waals surface area contributed by atoms with E-state index in [4.69, 9.17) is 4.42 Å². The standard InChI is InChI=1S/C25H19N5O2/c31-23(27-22-8-6-18(7-9-22)21-12-15-32-17-21)16-30-25(20-4-2-1-3-5-20)24(28-29-30)19-10-13-26-14-11-19/h1-15,17H,16H2,(H,27,31). The quantitative estimate of drug-likeness (QED) is 0.421. The molecule has 0 fully saturated rings. The highest BCUT2D eigenvalue weighted by Gasteiger charge is 2.18. The molecule has 0 radical (unpaired) electrons. The topological polar surface area (TPSA) is 85.8 Å². The van der Waals surface area contributed by atoms with Gasteiger partial charge in [-0.2, -0.15) is 0 Å². The predicted molar refractivity (Wildman–Crippen MR) is 121 cm³/mol. The van der Waals surface area contributed by atoms with Crippen molar-refractivity contribution in [2.75, 3.05) is 5.32 Å². The molecule has 5 rings (SSSR count). The Balaban J connectivity index is 1.39. The van der Waals surface area contributed by atoms with Crippen molar-refractivity contribution in [3.8, 4) is 33.6 Å². The summed E-state index contributed by atoms with van der Waals surface area (Å²) in [6.07, 6.45) is 6.74. The zero-order valence-corrected chi connectivity index (χ0v) is 17.1. The lowest BCUT2D eigenvalue weighted by atomic mass is 10.1. The molecule has 0 spiro atoms. The Morgan fingerprint density at radius 3 is 2.34 bits per heavy atom. The number of benzene rings is 2. The van der Waals surface area contributed by atoms with Crippen LogP contribution in [0.5, 0.6) is 0 Å². The lowest BCUT2D eigenvalue weighted by molar-refractivity contribution is -0.116. The number of pyridine rings is 1. The molecular formula is C25H19N5O2. The van der Waals surface area contributed by atoms with Crippen LogP contribution in [-0.2, 0) is 11.3 Å². The van der Waals surface area contributed by atoms with E-state index >= 15 is 0 Å². The molecule has 0 saturated heterocycles. The van der Waals surface area contributed by atoms with Crippen molar-refractivity contribution in [2.45, 2.75) is 6.54 Å². The zero-order valence-electron chi connectivity index (χ0n) is 17.1. The number of amides is 1. The summed E-state index contributed by atoms with van der Waals surface area (Å²) in [4.78, 5) is 16.9. The number of furan rings is 1. The maximum absolute atomic E-state index is 12.8. The van der Waals surface area contributed by atoms with Crippen molar-refractivity contribution in [3.63, 3.8) is 0 Å². The van der Waals surface area contributed by atoms with Gasteiger partial charge in [0.2, 0.25) is 5.91 Å². The molecule has 0 unspecified atom stereocenters. The number of nitrogens with zero attached hydrogens (tertiary/aromatic N) is 4. The Hall–Kier alpha value is -4.52. The first kappa shape index (κ1) is 19.4. The summed E-state index contributed by atoms with van der Waals surface area (Å²) in [5.74, 6) is -0.190. The van der Waals surface area contributed by atoms with Crippen LogP contribution in [0.15, 0.2) is 102 Å². The smallest absolute Gasteiger partial charge is 0.246 e. The van der Waals surface area contributed by atoms with Crippen LogP contribution in [0.3, 0.4) is 0 Å². The van der Waals surface area contributed by atoms with Crippen molar-refractivity contribution >= 4 is 11.6 Å². The molecule has 0 aliphatic heterocycles. The van der Waals surface area contributed by atoms with Crippen molar-refractivity contribution < 1.29 is 9.21 Å². The van der Waals surface area contributed by atoms with Crippen LogP contribution >= 0.6 is 0 Å². The van der Waals surface area contributed by atoms with E-state index in [9.17, 15) is 4.79 Å². The number of carbonyl (C=O) groups excluding carboxylic acids is 1. The van der Waals surface area contributed by atoms with E-state index in [-0.39, 0.29) is 12.5 Å². The van der Waals surface area contributed by atoms with Gasteiger partial charge in [-0.05, 0) is 35.9 Å². The number of anilines is 1. The molecule has 3 aromatic heterocycles. The molecule has 1 amide bonds. The second-order valence-corrected chi connectivity index (χ2v) is 7.18. The maximum atomic E-state index is 12.8. The molecular weight excluding hydrogens is 402 g/mol. The van der Waals surface area contributed by atoms with Gasteiger partial charge in [0.05, 0.1) is 18.2 Å². The second-order valence-electron chi connectivity index (χ2n) is 7.18. The van der Waals surface area contributed by atoms with Crippen LogP contribution in [0.2, 0.25) is 0 Å². The highest BCUT2D eigenvalue weighted by molar-refractivity contribution is 5.91. The van der Waals surface area contributed by atoms with Crippen LogP contribution in [0.25, 0.3) is 33.6 Å². The van der Waals surface area contributed by atoms with Crippen LogP contribution in [0, 0.1) is 0 Å². The fourth-order valence-electron chi connectivity index (χ4n) is 3.52. The molecule has 0 atom stereocenters. The number of hydrogen-bond acceptors (Lipinski definition) is 5. The van der Waals surface area contributed by atoms with Gasteiger partial charge in [0.25, 0.3) is 0 Å². The third-order valence-electron chi connectivity index (χ3n) is 5.05. The summed E-state index contributed by atoms with van der Waals surface area (Å²) < 4.78 is 6.75. The monoisotopic (exact) mass is 421 g/mol. The summed E-state index contributed by atoms with van der Waals surface area (Å²) >= 11 is 0. The second kappa shape index (κ2) is 8.69. The normalized spacial score (nSPS) is 10.8. The van der Waals surface area contributed by atoms with Gasteiger partial charge in [0, 0.05) is 34.8 Å². The average molecular weight is 421 g/mol. The zero-order chi connectivity index (χ0) is 21.8. The Morgan fingerprint density at radius 1 is 0.844 bits per heavy atom. The number of carbonyl (C=O) groups is 1. The Kier molecular flexibility index (Phi) is 5.28. The fourth-order valence-corrected chi connectivity index (χ4v) is 3.52. The Morgan fingerprint density at radius 2 is 1.62 bits per heavy atom. The van der Waals surface area contributed by atoms with Gasteiger partial charge in [-0.3, -0.25) is 9.78 Å². The van der Waals surface area contributed by atoms with Gasteiger partial charge in [-0.15, -0.1) is 5.10 Å². The minimum atomic E-state index is -0.190. The van der Waals surface area contributed by atoms with E-state index in [2.05, 4.69) is 20.6 Å². The molecule has 32 heavy (non-hydrogen) atoms. The largest absolute Gasteiger partial charge is 0.472 e. The first-order valence-corrected chi connectivity index (χ1v) is 10.1. The molecule has 1 N–H and O–H groups in total. The molecule has 0 saturated carbocycles. The van der Waals surface area contributed by atoms with Gasteiger partial charge in [0.1, 0.15) is 12.2 Å². The SMILES string of the molecule is O=C(Cn1nnc(-c2ccncc2)c1-c1ccccc1)Nc1ccc(-c2ccoc2)cc1. The summed E-state index contributed by atoms with van der Waals surface area (Å²) in [6, 6.07) is 23.1. The van der Waals surface area contributed by atoms with E-state index in [1.807, 2.05) is 72.8 Å². The third-order valence-corrected chi connectivity index (χ3v) is 5.05. The van der Waals surface area contributed by atoms with E-state index in [0.717, 1.165) is 27.9 Å². The van der Waals surface area contributed by atoms with E-state index in [0.29, 0.717) is 11.4 Å². The van der Waals surface area contributed by atoms with E-state index in [1.54, 1.807) is 29.6 Å². The minimum absolute atomic E-state index is 0.0335. The first-order chi connectivity index (χ1) is 15.8. The molecule has 7 nitrogen and oxygen atoms in total. The van der Waals surface area contributed by atoms with Gasteiger partial charge in [0.15, 0.2) is 0 Å². The number of aromatic nitrogens is 4. The molecule has 2 aromatic carbocycles. The van der Waals surface area contributed by atoms with Gasteiger partial charge >= 0.3 is 0 Å². The van der Waals surface area contributed by atoms with Gasteiger partial charge in [-0.25, -0.2) is 4.68 Å². The molecule has 0 aliphatic rings. The van der Waals surface area contributed by atoms with Gasteiger partial charge < -0.3 is 9.73 Å². The van der Waals surface area contributed by atoms with Crippen LogP contribution in [0.4, 0.5) is 5.69 Å². The fraction of sp³-hybridized carbons (Fsp3) is 0.0400. The van der Waals surface area contributed by atoms with E-state index in [1.165, 1.54) is 0 Å². The van der Waals surface area contributed by atoms with Crippen molar-refractivity contribution in [2.24, 2.45) is 0 Å². The summed E-state index contributed by atoms with van der Waals surface area (Å²) in [5, 5.41) is 11.6. The molecule has 156 valence electrons. The number of hydrogen-bond donors (Lipinski definition) is 1. The Labute approximate surface area is 184 Å². The average Bonchev–Trinajstić information content (AvgIpc) is 3.51.